The van der Waals surface area contributed by atoms with E-state index in [1.54, 1.807) is 6.92 Å². The first-order valence-corrected chi connectivity index (χ1v) is 6.34. The first-order valence-electron chi connectivity index (χ1n) is 6.34. The Kier molecular flexibility index (Phi) is 6.12. The van der Waals surface area contributed by atoms with Gasteiger partial charge in [0.15, 0.2) is 0 Å². The van der Waals surface area contributed by atoms with Crippen molar-refractivity contribution in [1.82, 2.24) is 0 Å². The van der Waals surface area contributed by atoms with Gasteiger partial charge in [-0.3, -0.25) is 9.59 Å². The van der Waals surface area contributed by atoms with Crippen LogP contribution >= 0.6 is 0 Å². The second-order valence-corrected chi connectivity index (χ2v) is 4.37. The summed E-state index contributed by atoms with van der Waals surface area (Å²) in [4.78, 5) is 22.0. The highest BCUT2D eigenvalue weighted by Gasteiger charge is 2.00. The van der Waals surface area contributed by atoms with Crippen LogP contribution in [0.5, 0.6) is 5.75 Å². The zero-order valence-electron chi connectivity index (χ0n) is 11.1. The molecule has 0 fully saturated rings. The van der Waals surface area contributed by atoms with E-state index in [-0.39, 0.29) is 11.6 Å². The Morgan fingerprint density at radius 1 is 1.17 bits per heavy atom. The van der Waals surface area contributed by atoms with E-state index in [9.17, 15) is 9.59 Å². The van der Waals surface area contributed by atoms with Gasteiger partial charge in [-0.2, -0.15) is 0 Å². The van der Waals surface area contributed by atoms with Crippen LogP contribution in [-0.4, -0.2) is 18.2 Å². The van der Waals surface area contributed by atoms with Crippen molar-refractivity contribution < 1.29 is 14.3 Å². The van der Waals surface area contributed by atoms with E-state index in [1.807, 2.05) is 31.2 Å². The van der Waals surface area contributed by atoms with Crippen LogP contribution in [0.15, 0.2) is 24.3 Å². The van der Waals surface area contributed by atoms with E-state index in [1.165, 1.54) is 0 Å². The number of ketones is 2. The van der Waals surface area contributed by atoms with Gasteiger partial charge in [-0.25, -0.2) is 0 Å². The first-order chi connectivity index (χ1) is 8.61. The molecule has 3 heteroatoms. The quantitative estimate of drug-likeness (QED) is 0.664. The maximum atomic E-state index is 11.1. The van der Waals surface area contributed by atoms with Gasteiger partial charge in [0.2, 0.25) is 0 Å². The Morgan fingerprint density at radius 3 is 2.39 bits per heavy atom. The third-order valence-electron chi connectivity index (χ3n) is 2.64. The highest BCUT2D eigenvalue weighted by atomic mass is 16.5. The Labute approximate surface area is 108 Å². The molecule has 1 rings (SSSR count). The molecule has 0 amide bonds. The molecular formula is C15H20O3. The van der Waals surface area contributed by atoms with E-state index >= 15 is 0 Å². The summed E-state index contributed by atoms with van der Waals surface area (Å²) in [5, 5.41) is 0. The van der Waals surface area contributed by atoms with Crippen LogP contribution in [0.25, 0.3) is 0 Å². The van der Waals surface area contributed by atoms with Crippen molar-refractivity contribution in [3.05, 3.63) is 29.8 Å². The van der Waals surface area contributed by atoms with Crippen LogP contribution < -0.4 is 4.74 Å². The van der Waals surface area contributed by atoms with Crippen LogP contribution in [0.1, 0.15) is 38.7 Å². The van der Waals surface area contributed by atoms with E-state index in [0.29, 0.717) is 25.9 Å². The summed E-state index contributed by atoms with van der Waals surface area (Å²) in [6.07, 6.45) is 2.39. The Bertz CT molecular complexity index is 393. The molecule has 0 heterocycles. The maximum Gasteiger partial charge on any atom is 0.134 e. The predicted molar refractivity (Wildman–Crippen MR) is 70.9 cm³/mol. The van der Waals surface area contributed by atoms with Gasteiger partial charge in [0, 0.05) is 19.3 Å². The zero-order valence-corrected chi connectivity index (χ0v) is 11.1. The van der Waals surface area contributed by atoms with Crippen LogP contribution in [0.4, 0.5) is 0 Å². The molecule has 0 aliphatic heterocycles. The molecule has 0 radical (unpaired) electrons. The predicted octanol–water partition coefficient (Wildman–Crippen LogP) is 2.96. The SMILES string of the molecule is CCC(=O)CCCOc1ccc(CC(C)=O)cc1. The fraction of sp³-hybridized carbons (Fsp3) is 0.467. The molecule has 0 saturated heterocycles. The number of rotatable bonds is 8. The fourth-order valence-electron chi connectivity index (χ4n) is 1.63. The van der Waals surface area contributed by atoms with Gasteiger partial charge >= 0.3 is 0 Å². The monoisotopic (exact) mass is 248 g/mol. The van der Waals surface area contributed by atoms with Crippen LogP contribution in [-0.2, 0) is 16.0 Å². The van der Waals surface area contributed by atoms with E-state index < -0.39 is 0 Å². The molecular weight excluding hydrogens is 228 g/mol. The Balaban J connectivity index is 2.31. The average molecular weight is 248 g/mol. The number of hydrogen-bond donors (Lipinski definition) is 0. The van der Waals surface area contributed by atoms with E-state index in [2.05, 4.69) is 0 Å². The highest BCUT2D eigenvalue weighted by molar-refractivity contribution is 5.78. The van der Waals surface area contributed by atoms with Crippen molar-refractivity contribution in [2.45, 2.75) is 39.5 Å². The molecule has 18 heavy (non-hydrogen) atoms. The van der Waals surface area contributed by atoms with Crippen molar-refractivity contribution in [3.63, 3.8) is 0 Å². The second-order valence-electron chi connectivity index (χ2n) is 4.37. The van der Waals surface area contributed by atoms with Gasteiger partial charge < -0.3 is 4.74 Å². The van der Waals surface area contributed by atoms with Crippen molar-refractivity contribution in [1.29, 1.82) is 0 Å². The summed E-state index contributed by atoms with van der Waals surface area (Å²) in [5.41, 5.74) is 0.996. The number of benzene rings is 1. The summed E-state index contributed by atoms with van der Waals surface area (Å²) in [6, 6.07) is 7.52. The summed E-state index contributed by atoms with van der Waals surface area (Å²) in [6.45, 7) is 4.00. The van der Waals surface area contributed by atoms with Gasteiger partial charge in [0.1, 0.15) is 17.3 Å². The summed E-state index contributed by atoms with van der Waals surface area (Å²) >= 11 is 0. The Hall–Kier alpha value is -1.64. The molecule has 0 bridgehead atoms. The van der Waals surface area contributed by atoms with E-state index in [0.717, 1.165) is 17.7 Å². The number of ether oxygens (including phenoxy) is 1. The Morgan fingerprint density at radius 2 is 1.83 bits per heavy atom. The van der Waals surface area contributed by atoms with Crippen LogP contribution in [0.2, 0.25) is 0 Å². The van der Waals surface area contributed by atoms with Crippen LogP contribution in [0.3, 0.4) is 0 Å². The molecule has 0 aliphatic carbocycles. The van der Waals surface area contributed by atoms with Crippen molar-refractivity contribution in [3.8, 4) is 5.75 Å². The standard InChI is InChI=1S/C15H20O3/c1-3-14(17)5-4-10-18-15-8-6-13(7-9-15)11-12(2)16/h6-9H,3-5,10-11H2,1-2H3. The van der Waals surface area contributed by atoms with Gasteiger partial charge in [0.05, 0.1) is 6.61 Å². The zero-order chi connectivity index (χ0) is 13.4. The number of hydrogen-bond acceptors (Lipinski definition) is 3. The highest BCUT2D eigenvalue weighted by Crippen LogP contribution is 2.13. The molecule has 3 nitrogen and oxygen atoms in total. The lowest BCUT2D eigenvalue weighted by Gasteiger charge is -2.06. The minimum Gasteiger partial charge on any atom is -0.494 e. The van der Waals surface area contributed by atoms with Crippen molar-refractivity contribution >= 4 is 11.6 Å². The topological polar surface area (TPSA) is 43.4 Å². The smallest absolute Gasteiger partial charge is 0.134 e. The third kappa shape index (κ3) is 5.62. The normalized spacial score (nSPS) is 10.1. The molecule has 0 aromatic heterocycles. The summed E-state index contributed by atoms with van der Waals surface area (Å²) in [5.74, 6) is 1.21. The summed E-state index contributed by atoms with van der Waals surface area (Å²) < 4.78 is 5.52. The van der Waals surface area contributed by atoms with Gasteiger partial charge in [-0.1, -0.05) is 19.1 Å². The molecule has 0 N–H and O–H groups in total. The minimum atomic E-state index is 0.154. The third-order valence-corrected chi connectivity index (χ3v) is 2.64. The van der Waals surface area contributed by atoms with Crippen LogP contribution in [0, 0.1) is 0 Å². The lowest BCUT2D eigenvalue weighted by atomic mass is 10.1. The first kappa shape index (κ1) is 14.4. The van der Waals surface area contributed by atoms with Gasteiger partial charge in [-0.15, -0.1) is 0 Å². The molecule has 1 aromatic rings. The molecule has 98 valence electrons. The van der Waals surface area contributed by atoms with Gasteiger partial charge in [-0.05, 0) is 31.0 Å². The second kappa shape index (κ2) is 7.64. The molecule has 0 saturated carbocycles. The molecule has 1 aromatic carbocycles. The minimum absolute atomic E-state index is 0.154. The van der Waals surface area contributed by atoms with E-state index in [4.69, 9.17) is 4.74 Å². The van der Waals surface area contributed by atoms with Crippen molar-refractivity contribution in [2.24, 2.45) is 0 Å². The molecule has 0 spiro atoms. The summed E-state index contributed by atoms with van der Waals surface area (Å²) in [7, 11) is 0. The number of Topliss-reactive ketones (excluding diaryl/α,β-unsaturated/α-hetero) is 2. The van der Waals surface area contributed by atoms with Crippen molar-refractivity contribution in [2.75, 3.05) is 6.61 Å². The number of carbonyl (C=O) groups is 2. The molecule has 0 unspecified atom stereocenters. The molecule has 0 aliphatic rings. The maximum absolute atomic E-state index is 11.1. The molecule has 0 atom stereocenters. The van der Waals surface area contributed by atoms with Gasteiger partial charge in [0.25, 0.3) is 0 Å². The average Bonchev–Trinajstić information content (AvgIpc) is 2.35. The lowest BCUT2D eigenvalue weighted by Crippen LogP contribution is -2.02. The fourth-order valence-corrected chi connectivity index (χ4v) is 1.63. The largest absolute Gasteiger partial charge is 0.494 e. The number of carbonyl (C=O) groups excluding carboxylic acids is 2. The lowest BCUT2D eigenvalue weighted by molar-refractivity contribution is -0.119.